The van der Waals surface area contributed by atoms with Gasteiger partial charge in [0.1, 0.15) is 5.75 Å². The van der Waals surface area contributed by atoms with Gasteiger partial charge < -0.3 is 15.2 Å². The molecule has 0 aliphatic heterocycles. The monoisotopic (exact) mass is 399 g/mol. The van der Waals surface area contributed by atoms with Gasteiger partial charge in [-0.1, -0.05) is 18.2 Å². The number of hydrogen-bond donors (Lipinski definition) is 2. The Morgan fingerprint density at radius 1 is 1.13 bits per heavy atom. The number of carboxylic acid groups (broad SMARTS) is 1. The minimum Gasteiger partial charge on any atom is -0.493 e. The van der Waals surface area contributed by atoms with Crippen molar-refractivity contribution < 1.29 is 14.6 Å². The molecule has 0 aliphatic carbocycles. The van der Waals surface area contributed by atoms with Gasteiger partial charge in [0.05, 0.1) is 16.6 Å². The molecule has 0 saturated carbocycles. The molecule has 0 bridgehead atoms. The predicted octanol–water partition coefficient (Wildman–Crippen LogP) is 4.26. The lowest BCUT2D eigenvalue weighted by atomic mass is 10.1. The van der Waals surface area contributed by atoms with E-state index < -0.39 is 5.97 Å². The summed E-state index contributed by atoms with van der Waals surface area (Å²) >= 11 is 3.50. The molecule has 4 nitrogen and oxygen atoms in total. The number of benzene rings is 2. The first kappa shape index (κ1) is 19.5. The third kappa shape index (κ3) is 5.86. The quantitative estimate of drug-likeness (QED) is 0.729. The zero-order chi connectivity index (χ0) is 15.9. The molecule has 2 N–H and O–H groups in total. The van der Waals surface area contributed by atoms with E-state index in [9.17, 15) is 4.79 Å². The van der Waals surface area contributed by atoms with Crippen LogP contribution >= 0.6 is 28.3 Å². The summed E-state index contributed by atoms with van der Waals surface area (Å²) in [6.45, 7) is 4.01. The fourth-order valence-corrected chi connectivity index (χ4v) is 2.58. The van der Waals surface area contributed by atoms with E-state index in [1.54, 1.807) is 12.1 Å². The summed E-state index contributed by atoms with van der Waals surface area (Å²) in [5.41, 5.74) is 2.51. The van der Waals surface area contributed by atoms with Crippen LogP contribution in [0.25, 0.3) is 0 Å². The number of rotatable bonds is 7. The SMILES string of the molecule is CCOc1ccc(CNCc2ccc(C(=O)O)cc2)cc1Br.Cl. The maximum absolute atomic E-state index is 10.8. The Balaban J connectivity index is 0.00000264. The van der Waals surface area contributed by atoms with Gasteiger partial charge in [-0.2, -0.15) is 0 Å². The number of aromatic carboxylic acids is 1. The highest BCUT2D eigenvalue weighted by Crippen LogP contribution is 2.25. The van der Waals surface area contributed by atoms with E-state index >= 15 is 0 Å². The van der Waals surface area contributed by atoms with Crippen LogP contribution in [-0.2, 0) is 13.1 Å². The minimum absolute atomic E-state index is 0. The standard InChI is InChI=1S/C17H18BrNO3.ClH/c1-2-22-16-8-5-13(9-15(16)18)11-19-10-12-3-6-14(7-4-12)17(20)21;/h3-9,19H,2,10-11H2,1H3,(H,20,21);1H. The van der Waals surface area contributed by atoms with Crippen molar-refractivity contribution in [2.75, 3.05) is 6.61 Å². The summed E-state index contributed by atoms with van der Waals surface area (Å²) in [7, 11) is 0. The van der Waals surface area contributed by atoms with Gasteiger partial charge in [0.15, 0.2) is 0 Å². The molecule has 0 spiro atoms. The van der Waals surface area contributed by atoms with Crippen LogP contribution in [0.5, 0.6) is 5.75 Å². The lowest BCUT2D eigenvalue weighted by Gasteiger charge is -2.09. The lowest BCUT2D eigenvalue weighted by molar-refractivity contribution is 0.0697. The fourth-order valence-electron chi connectivity index (χ4n) is 2.04. The zero-order valence-electron chi connectivity index (χ0n) is 12.7. The van der Waals surface area contributed by atoms with Crippen molar-refractivity contribution in [2.24, 2.45) is 0 Å². The second kappa shape index (κ2) is 9.55. The summed E-state index contributed by atoms with van der Waals surface area (Å²) in [5, 5.41) is 12.2. The lowest BCUT2D eigenvalue weighted by Crippen LogP contribution is -2.12. The molecule has 0 amide bonds. The van der Waals surface area contributed by atoms with Crippen molar-refractivity contribution in [3.05, 3.63) is 63.6 Å². The molecule has 0 heterocycles. The highest BCUT2D eigenvalue weighted by Gasteiger charge is 2.03. The van der Waals surface area contributed by atoms with E-state index in [4.69, 9.17) is 9.84 Å². The number of carboxylic acids is 1. The van der Waals surface area contributed by atoms with Crippen molar-refractivity contribution in [1.82, 2.24) is 5.32 Å². The largest absolute Gasteiger partial charge is 0.493 e. The molecule has 0 radical (unpaired) electrons. The predicted molar refractivity (Wildman–Crippen MR) is 96.5 cm³/mol. The van der Waals surface area contributed by atoms with Crippen LogP contribution in [0, 0.1) is 0 Å². The Morgan fingerprint density at radius 3 is 2.30 bits per heavy atom. The number of hydrogen-bond acceptors (Lipinski definition) is 3. The van der Waals surface area contributed by atoms with Crippen molar-refractivity contribution in [3.8, 4) is 5.75 Å². The third-order valence-corrected chi connectivity index (χ3v) is 3.77. The number of nitrogens with one attached hydrogen (secondary N) is 1. The summed E-state index contributed by atoms with van der Waals surface area (Å²) < 4.78 is 6.42. The minimum atomic E-state index is -0.904. The van der Waals surface area contributed by atoms with Crippen LogP contribution in [0.4, 0.5) is 0 Å². The summed E-state index contributed by atoms with van der Waals surface area (Å²) in [6, 6.07) is 12.9. The third-order valence-electron chi connectivity index (χ3n) is 3.16. The highest BCUT2D eigenvalue weighted by atomic mass is 79.9. The molecular formula is C17H19BrClNO3. The average molecular weight is 401 g/mol. The normalized spacial score (nSPS) is 10.0. The van der Waals surface area contributed by atoms with Crippen LogP contribution in [0.15, 0.2) is 46.9 Å². The van der Waals surface area contributed by atoms with Crippen molar-refractivity contribution >= 4 is 34.3 Å². The first-order chi connectivity index (χ1) is 10.6. The Hall–Kier alpha value is -1.56. The summed E-state index contributed by atoms with van der Waals surface area (Å²) in [6.07, 6.45) is 0. The first-order valence-electron chi connectivity index (χ1n) is 7.04. The van der Waals surface area contributed by atoms with Gasteiger partial charge in [0, 0.05) is 13.1 Å². The molecule has 2 rings (SSSR count). The molecule has 2 aromatic carbocycles. The van der Waals surface area contributed by atoms with Crippen molar-refractivity contribution in [3.63, 3.8) is 0 Å². The van der Waals surface area contributed by atoms with Crippen LogP contribution in [0.3, 0.4) is 0 Å². The Morgan fingerprint density at radius 2 is 1.74 bits per heavy atom. The second-order valence-electron chi connectivity index (χ2n) is 4.80. The van der Waals surface area contributed by atoms with E-state index in [-0.39, 0.29) is 12.4 Å². The van der Waals surface area contributed by atoms with Crippen LogP contribution in [0.1, 0.15) is 28.4 Å². The van der Waals surface area contributed by atoms with E-state index in [0.29, 0.717) is 18.7 Å². The van der Waals surface area contributed by atoms with Gasteiger partial charge in [-0.25, -0.2) is 4.79 Å². The van der Waals surface area contributed by atoms with E-state index in [1.807, 2.05) is 37.3 Å². The smallest absolute Gasteiger partial charge is 0.335 e. The summed E-state index contributed by atoms with van der Waals surface area (Å²) in [5.74, 6) is -0.0609. The van der Waals surface area contributed by atoms with E-state index in [2.05, 4.69) is 21.2 Å². The molecule has 23 heavy (non-hydrogen) atoms. The topological polar surface area (TPSA) is 58.6 Å². The van der Waals surface area contributed by atoms with Crippen molar-refractivity contribution in [1.29, 1.82) is 0 Å². The van der Waals surface area contributed by atoms with Crippen molar-refractivity contribution in [2.45, 2.75) is 20.0 Å². The van der Waals surface area contributed by atoms with Crippen LogP contribution < -0.4 is 10.1 Å². The van der Waals surface area contributed by atoms with Crippen LogP contribution in [0.2, 0.25) is 0 Å². The molecule has 0 unspecified atom stereocenters. The van der Waals surface area contributed by atoms with Gasteiger partial charge in [-0.15, -0.1) is 12.4 Å². The maximum Gasteiger partial charge on any atom is 0.335 e. The molecular weight excluding hydrogens is 382 g/mol. The molecule has 6 heteroatoms. The molecule has 0 saturated heterocycles. The molecule has 0 aliphatic rings. The molecule has 0 fully saturated rings. The first-order valence-corrected chi connectivity index (χ1v) is 7.83. The molecule has 0 aromatic heterocycles. The maximum atomic E-state index is 10.8. The van der Waals surface area contributed by atoms with Gasteiger partial charge in [0.25, 0.3) is 0 Å². The fraction of sp³-hybridized carbons (Fsp3) is 0.235. The number of halogens is 2. The Labute approximate surface area is 150 Å². The van der Waals surface area contributed by atoms with Gasteiger partial charge in [-0.05, 0) is 58.2 Å². The number of ether oxygens (including phenoxy) is 1. The van der Waals surface area contributed by atoms with Gasteiger partial charge >= 0.3 is 5.97 Å². The van der Waals surface area contributed by atoms with Crippen LogP contribution in [-0.4, -0.2) is 17.7 Å². The van der Waals surface area contributed by atoms with Gasteiger partial charge in [0.2, 0.25) is 0 Å². The average Bonchev–Trinajstić information content (AvgIpc) is 2.50. The molecule has 0 atom stereocenters. The highest BCUT2D eigenvalue weighted by molar-refractivity contribution is 9.10. The summed E-state index contributed by atoms with van der Waals surface area (Å²) in [4.78, 5) is 10.8. The molecule has 2 aromatic rings. The Kier molecular flexibility index (Phi) is 8.09. The molecule has 124 valence electrons. The Bertz CT molecular complexity index is 647. The second-order valence-corrected chi connectivity index (χ2v) is 5.66. The van der Waals surface area contributed by atoms with Gasteiger partial charge in [-0.3, -0.25) is 0 Å². The number of carbonyl (C=O) groups is 1. The zero-order valence-corrected chi connectivity index (χ0v) is 15.1. The van der Waals surface area contributed by atoms with E-state index in [1.165, 1.54) is 0 Å². The van der Waals surface area contributed by atoms with E-state index in [0.717, 1.165) is 27.9 Å².